The van der Waals surface area contributed by atoms with Gasteiger partial charge in [-0.25, -0.2) is 22.3 Å². The molecule has 11 heteroatoms. The molecule has 3 rings (SSSR count). The Kier molecular flexibility index (Phi) is 6.09. The van der Waals surface area contributed by atoms with Crippen molar-refractivity contribution in [2.75, 3.05) is 24.2 Å². The Morgan fingerprint density at radius 3 is 2.70 bits per heavy atom. The van der Waals surface area contributed by atoms with Crippen LogP contribution >= 0.6 is 0 Å². The van der Waals surface area contributed by atoms with E-state index in [1.54, 1.807) is 4.90 Å². The summed E-state index contributed by atoms with van der Waals surface area (Å²) < 4.78 is 41.8. The molecule has 0 radical (unpaired) electrons. The summed E-state index contributed by atoms with van der Waals surface area (Å²) in [6.07, 6.45) is 2.36. The Morgan fingerprint density at radius 2 is 2.03 bits per heavy atom. The second-order valence-corrected chi connectivity index (χ2v) is 9.14. The maximum absolute atomic E-state index is 13.8. The summed E-state index contributed by atoms with van der Waals surface area (Å²) in [6, 6.07) is 6.60. The molecule has 1 N–H and O–H groups in total. The number of halogens is 1. The summed E-state index contributed by atoms with van der Waals surface area (Å²) in [4.78, 5) is 26.9. The number of nitriles is 1. The molecule has 0 spiro atoms. The first kappa shape index (κ1) is 21.7. The van der Waals surface area contributed by atoms with Crippen molar-refractivity contribution in [1.82, 2.24) is 13.9 Å². The Morgan fingerprint density at radius 1 is 1.30 bits per heavy atom. The molecule has 0 saturated carbocycles. The first-order valence-electron chi connectivity index (χ1n) is 9.30. The van der Waals surface area contributed by atoms with Gasteiger partial charge in [-0.15, -0.1) is 0 Å². The Labute approximate surface area is 173 Å². The number of piperidine rings is 1. The van der Waals surface area contributed by atoms with Gasteiger partial charge in [-0.2, -0.15) is 5.26 Å². The van der Waals surface area contributed by atoms with Crippen molar-refractivity contribution >= 4 is 15.8 Å². The third-order valence-corrected chi connectivity index (χ3v) is 5.78. The van der Waals surface area contributed by atoms with Gasteiger partial charge in [-0.3, -0.25) is 13.9 Å². The Balaban J connectivity index is 2.06. The second kappa shape index (κ2) is 8.41. The molecule has 0 amide bonds. The minimum atomic E-state index is -3.41. The van der Waals surface area contributed by atoms with Gasteiger partial charge >= 0.3 is 5.69 Å². The first-order valence-corrected chi connectivity index (χ1v) is 11.2. The van der Waals surface area contributed by atoms with E-state index in [0.29, 0.717) is 30.8 Å². The van der Waals surface area contributed by atoms with Crippen molar-refractivity contribution in [3.05, 3.63) is 62.0 Å². The first-order chi connectivity index (χ1) is 14.1. The number of nitrogens with zero attached hydrogens (tertiary/aromatic N) is 4. The van der Waals surface area contributed by atoms with Gasteiger partial charge in [0, 0.05) is 32.2 Å². The average molecular weight is 435 g/mol. The number of aromatic nitrogens is 2. The van der Waals surface area contributed by atoms with Crippen LogP contribution in [0, 0.1) is 17.1 Å². The van der Waals surface area contributed by atoms with Crippen LogP contribution in [-0.4, -0.2) is 42.9 Å². The van der Waals surface area contributed by atoms with Crippen molar-refractivity contribution in [2.45, 2.75) is 25.4 Å². The number of rotatable bonds is 5. The third kappa shape index (κ3) is 4.77. The zero-order valence-electron chi connectivity index (χ0n) is 16.6. The van der Waals surface area contributed by atoms with Gasteiger partial charge in [0.15, 0.2) is 0 Å². The molecular weight excluding hydrogens is 413 g/mol. The van der Waals surface area contributed by atoms with E-state index in [2.05, 4.69) is 4.72 Å². The standard InChI is InChI=1S/C19H22FN5O4S/c1-23-18(26)9-17(24-7-3-4-16(12-24)22-30(2,28)29)25(19(23)27)11-14-8-15(20)6-5-13(14)10-21/h5-6,8-9,16,22H,3-4,7,11-12H2,1-2H3/t16-/m1/s1. The molecule has 2 heterocycles. The number of sulfonamides is 1. The fourth-order valence-electron chi connectivity index (χ4n) is 3.63. The lowest BCUT2D eigenvalue weighted by atomic mass is 10.1. The highest BCUT2D eigenvalue weighted by molar-refractivity contribution is 7.88. The lowest BCUT2D eigenvalue weighted by Crippen LogP contribution is -2.50. The van der Waals surface area contributed by atoms with E-state index >= 15 is 0 Å². The van der Waals surface area contributed by atoms with Gasteiger partial charge in [-0.05, 0) is 36.6 Å². The van der Waals surface area contributed by atoms with Gasteiger partial charge in [0.2, 0.25) is 10.0 Å². The quantitative estimate of drug-likeness (QED) is 0.713. The summed E-state index contributed by atoms with van der Waals surface area (Å²) in [6.45, 7) is 0.681. The van der Waals surface area contributed by atoms with E-state index in [0.717, 1.165) is 10.8 Å². The van der Waals surface area contributed by atoms with E-state index < -0.39 is 27.1 Å². The minimum absolute atomic E-state index is 0.108. The minimum Gasteiger partial charge on any atom is -0.356 e. The smallest absolute Gasteiger partial charge is 0.332 e. The lowest BCUT2D eigenvalue weighted by Gasteiger charge is -2.35. The highest BCUT2D eigenvalue weighted by Crippen LogP contribution is 2.20. The summed E-state index contributed by atoms with van der Waals surface area (Å²) in [5.41, 5.74) is -0.589. The predicted octanol–water partition coefficient (Wildman–Crippen LogP) is 0.124. The maximum Gasteiger partial charge on any atom is 0.332 e. The lowest BCUT2D eigenvalue weighted by molar-refractivity contribution is 0.458. The Bertz CT molecular complexity index is 1230. The van der Waals surface area contributed by atoms with Gasteiger partial charge in [-0.1, -0.05) is 0 Å². The van der Waals surface area contributed by atoms with Crippen LogP contribution in [0.5, 0.6) is 0 Å². The van der Waals surface area contributed by atoms with E-state index in [-0.39, 0.29) is 24.7 Å². The van der Waals surface area contributed by atoms with E-state index in [1.807, 2.05) is 6.07 Å². The van der Waals surface area contributed by atoms with Crippen molar-refractivity contribution in [3.63, 3.8) is 0 Å². The van der Waals surface area contributed by atoms with Crippen LogP contribution in [0.2, 0.25) is 0 Å². The highest BCUT2D eigenvalue weighted by atomic mass is 32.2. The number of nitrogens with one attached hydrogen (secondary N) is 1. The molecule has 1 saturated heterocycles. The largest absolute Gasteiger partial charge is 0.356 e. The zero-order chi connectivity index (χ0) is 22.1. The second-order valence-electron chi connectivity index (χ2n) is 7.36. The topological polar surface area (TPSA) is 117 Å². The molecule has 30 heavy (non-hydrogen) atoms. The summed E-state index contributed by atoms with van der Waals surface area (Å²) in [5, 5.41) is 9.33. The molecule has 1 aliphatic heterocycles. The van der Waals surface area contributed by atoms with E-state index in [4.69, 9.17) is 0 Å². The summed E-state index contributed by atoms with van der Waals surface area (Å²) in [7, 11) is -2.07. The van der Waals surface area contributed by atoms with Crippen molar-refractivity contribution < 1.29 is 12.8 Å². The number of hydrogen-bond donors (Lipinski definition) is 1. The summed E-state index contributed by atoms with van der Waals surface area (Å²) in [5.74, 6) is -0.241. The number of hydrogen-bond acceptors (Lipinski definition) is 6. The van der Waals surface area contributed by atoms with Crippen molar-refractivity contribution in [2.24, 2.45) is 7.05 Å². The molecule has 1 aromatic carbocycles. The fourth-order valence-corrected chi connectivity index (χ4v) is 4.42. The predicted molar refractivity (Wildman–Crippen MR) is 109 cm³/mol. The molecule has 1 aromatic heterocycles. The molecule has 160 valence electrons. The SMILES string of the molecule is Cn1c(=O)cc(N2CCC[C@@H](NS(C)(=O)=O)C2)n(Cc2cc(F)ccc2C#N)c1=O. The average Bonchev–Trinajstić information content (AvgIpc) is 2.67. The van der Waals surface area contributed by atoms with Crippen LogP contribution in [0.4, 0.5) is 10.2 Å². The summed E-state index contributed by atoms with van der Waals surface area (Å²) >= 11 is 0. The number of benzene rings is 1. The zero-order valence-corrected chi connectivity index (χ0v) is 17.4. The molecule has 1 atom stereocenters. The Hall–Kier alpha value is -2.97. The molecule has 9 nitrogen and oxygen atoms in total. The molecule has 0 aliphatic carbocycles. The monoisotopic (exact) mass is 435 g/mol. The fraction of sp³-hybridized carbons (Fsp3) is 0.421. The van der Waals surface area contributed by atoms with Crippen LogP contribution in [0.25, 0.3) is 0 Å². The van der Waals surface area contributed by atoms with Crippen LogP contribution < -0.4 is 20.9 Å². The molecule has 1 fully saturated rings. The molecule has 2 aromatic rings. The molecule has 1 aliphatic rings. The van der Waals surface area contributed by atoms with E-state index in [1.165, 1.54) is 35.9 Å². The molecule has 0 unspecified atom stereocenters. The van der Waals surface area contributed by atoms with Crippen LogP contribution in [0.15, 0.2) is 33.9 Å². The van der Waals surface area contributed by atoms with E-state index in [9.17, 15) is 27.7 Å². The van der Waals surface area contributed by atoms with Gasteiger partial charge in [0.1, 0.15) is 11.6 Å². The van der Waals surface area contributed by atoms with Crippen LogP contribution in [-0.2, 0) is 23.6 Å². The maximum atomic E-state index is 13.8. The van der Waals surface area contributed by atoms with Gasteiger partial charge in [0.25, 0.3) is 5.56 Å². The van der Waals surface area contributed by atoms with Gasteiger partial charge < -0.3 is 4.90 Å². The van der Waals surface area contributed by atoms with Crippen LogP contribution in [0.3, 0.4) is 0 Å². The number of anilines is 1. The normalized spacial score (nSPS) is 17.0. The highest BCUT2D eigenvalue weighted by Gasteiger charge is 2.25. The van der Waals surface area contributed by atoms with Crippen LogP contribution in [0.1, 0.15) is 24.0 Å². The van der Waals surface area contributed by atoms with Crippen molar-refractivity contribution in [1.29, 1.82) is 5.26 Å². The van der Waals surface area contributed by atoms with Crippen molar-refractivity contribution in [3.8, 4) is 6.07 Å². The third-order valence-electron chi connectivity index (χ3n) is 5.02. The molecule has 0 bridgehead atoms. The molecular formula is C19H22FN5O4S. The van der Waals surface area contributed by atoms with Gasteiger partial charge in [0.05, 0.1) is 24.4 Å².